The van der Waals surface area contributed by atoms with Gasteiger partial charge in [-0.1, -0.05) is 0 Å². The first kappa shape index (κ1) is 20.8. The molecule has 0 bridgehead atoms. The number of phenolic OH excluding ortho intramolecular Hbond substituents is 1. The Bertz CT molecular complexity index is 865. The third kappa shape index (κ3) is 4.79. The van der Waals surface area contributed by atoms with E-state index in [0.29, 0.717) is 19.9 Å². The summed E-state index contributed by atoms with van der Waals surface area (Å²) in [4.78, 5) is 24.8. The molecule has 6 nitrogen and oxygen atoms in total. The van der Waals surface area contributed by atoms with E-state index in [1.54, 1.807) is 40.7 Å². The van der Waals surface area contributed by atoms with Crippen LogP contribution in [-0.4, -0.2) is 28.1 Å². The number of phenols is 1. The summed E-state index contributed by atoms with van der Waals surface area (Å²) < 4.78 is 11.5. The summed E-state index contributed by atoms with van der Waals surface area (Å²) >= 11 is 6.51. The summed E-state index contributed by atoms with van der Waals surface area (Å²) in [6, 6.07) is 1.58. The largest absolute Gasteiger partial charge is 0.506 e. The number of aromatic hydroxyl groups is 1. The van der Waals surface area contributed by atoms with Crippen LogP contribution in [0.4, 0.5) is 0 Å². The van der Waals surface area contributed by atoms with Crippen LogP contribution in [-0.2, 0) is 9.53 Å². The molecule has 0 spiro atoms. The predicted octanol–water partition coefficient (Wildman–Crippen LogP) is 4.90. The highest BCUT2D eigenvalue weighted by atomic mass is 79.9. The van der Waals surface area contributed by atoms with Gasteiger partial charge in [-0.15, -0.1) is 0 Å². The second-order valence-electron chi connectivity index (χ2n) is 7.64. The Morgan fingerprint density at radius 3 is 2.42 bits per heavy atom. The summed E-state index contributed by atoms with van der Waals surface area (Å²) in [5, 5.41) is 13.3. The molecule has 0 saturated carbocycles. The smallest absolute Gasteiger partial charge is 0.308 e. The summed E-state index contributed by atoms with van der Waals surface area (Å²) in [5.41, 5.74) is -0.718. The first-order valence-corrected chi connectivity index (χ1v) is 9.52. The Balaban J connectivity index is 2.23. The number of carbonyl (C=O) groups is 2. The lowest BCUT2D eigenvalue weighted by Gasteiger charge is -2.27. The Morgan fingerprint density at radius 2 is 1.85 bits per heavy atom. The van der Waals surface area contributed by atoms with Gasteiger partial charge >= 0.3 is 5.97 Å². The van der Waals surface area contributed by atoms with Crippen LogP contribution in [0.2, 0.25) is 0 Å². The molecule has 0 saturated heterocycles. The zero-order valence-electron chi connectivity index (χ0n) is 15.2. The molecular weight excluding hydrogens is 470 g/mol. The topological polar surface area (TPSA) is 88.8 Å². The number of fused-ring (bicyclic) bond motifs is 1. The van der Waals surface area contributed by atoms with E-state index < -0.39 is 23.0 Å². The highest BCUT2D eigenvalue weighted by Crippen LogP contribution is 2.41. The molecule has 1 aromatic carbocycles. The number of hydrogen-bond acceptors (Lipinski definition) is 5. The first-order valence-electron chi connectivity index (χ1n) is 7.93. The Morgan fingerprint density at radius 1 is 1.23 bits per heavy atom. The monoisotopic (exact) mass is 489 g/mol. The van der Waals surface area contributed by atoms with E-state index in [2.05, 4.69) is 37.2 Å². The van der Waals surface area contributed by atoms with Crippen LogP contribution < -0.4 is 5.32 Å². The quantitative estimate of drug-likeness (QED) is 0.594. The minimum absolute atomic E-state index is 0.0176. The lowest BCUT2D eigenvalue weighted by Crippen LogP contribution is -2.45. The van der Waals surface area contributed by atoms with E-state index in [4.69, 9.17) is 9.15 Å². The minimum Gasteiger partial charge on any atom is -0.506 e. The van der Waals surface area contributed by atoms with Gasteiger partial charge in [0.25, 0.3) is 5.91 Å². The van der Waals surface area contributed by atoms with Crippen molar-refractivity contribution in [1.29, 1.82) is 0 Å². The van der Waals surface area contributed by atoms with Crippen LogP contribution >= 0.6 is 31.9 Å². The van der Waals surface area contributed by atoms with Crippen molar-refractivity contribution >= 4 is 54.7 Å². The van der Waals surface area contributed by atoms with Gasteiger partial charge in [-0.25, -0.2) is 0 Å². The van der Waals surface area contributed by atoms with Gasteiger partial charge in [0.2, 0.25) is 0 Å². The Labute approximate surface area is 168 Å². The molecule has 1 heterocycles. The van der Waals surface area contributed by atoms with Gasteiger partial charge in [-0.3, -0.25) is 9.59 Å². The van der Waals surface area contributed by atoms with Crippen LogP contribution in [0.25, 0.3) is 11.0 Å². The molecule has 0 radical (unpaired) electrons. The van der Waals surface area contributed by atoms with Crippen LogP contribution in [0, 0.1) is 0 Å². The standard InChI is InChI=1S/C18H21Br2NO5/c1-17(2,3)26-12(22)7-18(4,5)21-16(24)9-8-25-11-6-10(19)15(23)14(20)13(9)11/h6,8,23H,7H2,1-5H3,(H,21,24). The Hall–Kier alpha value is -1.54. The molecule has 0 fully saturated rings. The van der Waals surface area contributed by atoms with E-state index in [0.717, 1.165) is 0 Å². The maximum absolute atomic E-state index is 12.7. The zero-order chi connectivity index (χ0) is 19.9. The zero-order valence-corrected chi connectivity index (χ0v) is 18.4. The molecule has 8 heteroatoms. The summed E-state index contributed by atoms with van der Waals surface area (Å²) in [7, 11) is 0. The van der Waals surface area contributed by atoms with Crippen LogP contribution in [0.5, 0.6) is 5.75 Å². The number of amides is 1. The molecule has 0 atom stereocenters. The summed E-state index contributed by atoms with van der Waals surface area (Å²) in [6.07, 6.45) is 1.34. The van der Waals surface area contributed by atoms with Gasteiger partial charge in [0, 0.05) is 5.54 Å². The fourth-order valence-corrected chi connectivity index (χ4v) is 3.73. The van der Waals surface area contributed by atoms with Gasteiger partial charge in [-0.05, 0) is 72.5 Å². The van der Waals surface area contributed by atoms with Gasteiger partial charge in [0.1, 0.15) is 23.2 Å². The molecule has 2 rings (SSSR count). The van der Waals surface area contributed by atoms with Gasteiger partial charge in [-0.2, -0.15) is 0 Å². The maximum Gasteiger partial charge on any atom is 0.308 e. The van der Waals surface area contributed by atoms with Crippen molar-refractivity contribution < 1.29 is 23.8 Å². The molecule has 2 aromatic rings. The van der Waals surface area contributed by atoms with E-state index in [1.807, 2.05) is 0 Å². The molecule has 0 aliphatic carbocycles. The number of hydrogen-bond donors (Lipinski definition) is 2. The highest BCUT2D eigenvalue weighted by molar-refractivity contribution is 9.11. The minimum atomic E-state index is -0.826. The average molecular weight is 491 g/mol. The molecule has 0 aliphatic rings. The van der Waals surface area contributed by atoms with Crippen molar-refractivity contribution in [2.24, 2.45) is 0 Å². The third-order valence-electron chi connectivity index (χ3n) is 3.43. The highest BCUT2D eigenvalue weighted by Gasteiger charge is 2.29. The molecule has 1 aromatic heterocycles. The lowest BCUT2D eigenvalue weighted by molar-refractivity contribution is -0.156. The van der Waals surface area contributed by atoms with E-state index in [-0.39, 0.29) is 17.7 Å². The van der Waals surface area contributed by atoms with Gasteiger partial charge in [0.15, 0.2) is 0 Å². The number of benzene rings is 1. The van der Waals surface area contributed by atoms with E-state index >= 15 is 0 Å². The number of rotatable bonds is 4. The molecule has 2 N–H and O–H groups in total. The number of halogens is 2. The van der Waals surface area contributed by atoms with E-state index in [1.165, 1.54) is 6.26 Å². The fourth-order valence-electron chi connectivity index (χ4n) is 2.44. The van der Waals surface area contributed by atoms with Crippen molar-refractivity contribution in [3.63, 3.8) is 0 Å². The van der Waals surface area contributed by atoms with Crippen molar-refractivity contribution in [3.05, 3.63) is 26.8 Å². The van der Waals surface area contributed by atoms with Gasteiger partial charge in [0.05, 0.1) is 26.3 Å². The molecule has 1 amide bonds. The van der Waals surface area contributed by atoms with Crippen molar-refractivity contribution in [2.45, 2.75) is 52.2 Å². The van der Waals surface area contributed by atoms with Crippen LogP contribution in [0.15, 0.2) is 25.7 Å². The molecule has 142 valence electrons. The third-order valence-corrected chi connectivity index (χ3v) is 4.81. The predicted molar refractivity (Wildman–Crippen MR) is 105 cm³/mol. The number of nitrogens with one attached hydrogen (secondary N) is 1. The number of carbonyl (C=O) groups excluding carboxylic acids is 2. The average Bonchev–Trinajstić information content (AvgIpc) is 2.85. The number of ether oxygens (including phenoxy) is 1. The first-order chi connectivity index (χ1) is 11.8. The fraction of sp³-hybridized carbons (Fsp3) is 0.444. The lowest BCUT2D eigenvalue weighted by atomic mass is 9.99. The van der Waals surface area contributed by atoms with Crippen molar-refractivity contribution in [1.82, 2.24) is 5.32 Å². The normalized spacial score (nSPS) is 12.3. The second-order valence-corrected chi connectivity index (χ2v) is 9.29. The molecular formula is C18H21Br2NO5. The SMILES string of the molecule is CC(C)(CC(=O)OC(C)(C)C)NC(=O)c1coc2cc(Br)c(O)c(Br)c12. The van der Waals surface area contributed by atoms with Crippen LogP contribution in [0.1, 0.15) is 51.4 Å². The number of esters is 1. The molecule has 26 heavy (non-hydrogen) atoms. The second kappa shape index (κ2) is 7.23. The number of furan rings is 1. The van der Waals surface area contributed by atoms with E-state index in [9.17, 15) is 14.7 Å². The summed E-state index contributed by atoms with van der Waals surface area (Å²) in [5.74, 6) is -0.844. The van der Waals surface area contributed by atoms with Crippen LogP contribution in [0.3, 0.4) is 0 Å². The van der Waals surface area contributed by atoms with Crippen molar-refractivity contribution in [2.75, 3.05) is 0 Å². The van der Waals surface area contributed by atoms with Crippen molar-refractivity contribution in [3.8, 4) is 5.75 Å². The molecule has 0 aliphatic heterocycles. The molecule has 0 unspecified atom stereocenters. The summed E-state index contributed by atoms with van der Waals surface area (Å²) in [6.45, 7) is 8.84. The maximum atomic E-state index is 12.7. The van der Waals surface area contributed by atoms with Gasteiger partial charge < -0.3 is 19.6 Å². The Kier molecular flexibility index (Phi) is 5.77.